The molecule has 0 radical (unpaired) electrons. The van der Waals surface area contributed by atoms with Gasteiger partial charge >= 0.3 is 5.97 Å². The van der Waals surface area contributed by atoms with Crippen LogP contribution >= 0.6 is 0 Å². The minimum Gasteiger partial charge on any atom is -0.449 e. The van der Waals surface area contributed by atoms with Crippen molar-refractivity contribution in [2.45, 2.75) is 39.8 Å². The largest absolute Gasteiger partial charge is 0.449 e. The number of ether oxygens (including phenoxy) is 1. The maximum atomic E-state index is 11.9. The summed E-state index contributed by atoms with van der Waals surface area (Å²) >= 11 is 0. The number of aryl methyl sites for hydroxylation is 1. The number of esters is 1. The molecule has 1 heterocycles. The van der Waals surface area contributed by atoms with E-state index in [4.69, 9.17) is 10.5 Å². The fourth-order valence-corrected chi connectivity index (χ4v) is 1.44. The number of nitrogen functional groups attached to an aromatic ring is 1. The van der Waals surface area contributed by atoms with Crippen LogP contribution in [0, 0.1) is 6.92 Å². The van der Waals surface area contributed by atoms with Crippen molar-refractivity contribution in [3.05, 3.63) is 23.5 Å². The number of hydrogen-bond donors (Lipinski definition) is 2. The number of anilines is 1. The van der Waals surface area contributed by atoms with Gasteiger partial charge in [0.15, 0.2) is 6.10 Å². The zero-order valence-corrected chi connectivity index (χ0v) is 11.6. The van der Waals surface area contributed by atoms with Crippen molar-refractivity contribution in [1.82, 2.24) is 10.3 Å². The Kier molecular flexibility index (Phi) is 4.86. The lowest BCUT2D eigenvalue weighted by Crippen LogP contribution is -2.39. The summed E-state index contributed by atoms with van der Waals surface area (Å²) in [5.41, 5.74) is 6.72. The van der Waals surface area contributed by atoms with Crippen LogP contribution in [-0.4, -0.2) is 29.0 Å². The number of aromatic nitrogens is 1. The van der Waals surface area contributed by atoms with Crippen molar-refractivity contribution in [2.75, 3.05) is 5.73 Å². The molecule has 3 N–H and O–H groups in total. The topological polar surface area (TPSA) is 94.3 Å². The Morgan fingerprint density at radius 2 is 2.00 bits per heavy atom. The summed E-state index contributed by atoms with van der Waals surface area (Å²) in [5, 5.41) is 2.67. The van der Waals surface area contributed by atoms with E-state index in [-0.39, 0.29) is 17.5 Å². The molecule has 0 aliphatic carbocycles. The van der Waals surface area contributed by atoms with Gasteiger partial charge in [0.2, 0.25) is 0 Å². The summed E-state index contributed by atoms with van der Waals surface area (Å²) in [5.74, 6) is -0.943. The molecule has 6 heteroatoms. The second-order valence-corrected chi connectivity index (χ2v) is 4.61. The van der Waals surface area contributed by atoms with Crippen LogP contribution in [0.25, 0.3) is 0 Å². The molecule has 0 spiro atoms. The number of nitrogens with two attached hydrogens (primary N) is 1. The molecule has 1 atom stereocenters. The Morgan fingerprint density at radius 3 is 2.58 bits per heavy atom. The Morgan fingerprint density at radius 1 is 1.37 bits per heavy atom. The molecule has 1 rings (SSSR count). The molecule has 1 amide bonds. The van der Waals surface area contributed by atoms with Gasteiger partial charge in [-0.2, -0.15) is 0 Å². The number of nitrogens with one attached hydrogen (secondary N) is 1. The first-order valence-electron chi connectivity index (χ1n) is 6.04. The van der Waals surface area contributed by atoms with Crippen molar-refractivity contribution in [1.29, 1.82) is 0 Å². The van der Waals surface area contributed by atoms with E-state index in [1.54, 1.807) is 6.92 Å². The average molecular weight is 265 g/mol. The van der Waals surface area contributed by atoms with Crippen LogP contribution in [0.2, 0.25) is 0 Å². The lowest BCUT2D eigenvalue weighted by molar-refractivity contribution is -0.129. The average Bonchev–Trinajstić information content (AvgIpc) is 2.31. The molecule has 0 saturated heterocycles. The third-order valence-corrected chi connectivity index (χ3v) is 2.41. The summed E-state index contributed by atoms with van der Waals surface area (Å²) in [7, 11) is 0. The van der Waals surface area contributed by atoms with Gasteiger partial charge in [-0.05, 0) is 33.8 Å². The minimum atomic E-state index is -0.865. The van der Waals surface area contributed by atoms with E-state index >= 15 is 0 Å². The number of hydrogen-bond acceptors (Lipinski definition) is 5. The fraction of sp³-hybridized carbons (Fsp3) is 0.462. The molecular formula is C13H19N3O3. The summed E-state index contributed by atoms with van der Waals surface area (Å²) in [6.07, 6.45) is 0.594. The second-order valence-electron chi connectivity index (χ2n) is 4.61. The summed E-state index contributed by atoms with van der Waals surface area (Å²) in [6.45, 7) is 6.86. The van der Waals surface area contributed by atoms with E-state index < -0.39 is 12.1 Å². The number of pyridine rings is 1. The van der Waals surface area contributed by atoms with Gasteiger partial charge in [-0.25, -0.2) is 4.79 Å². The molecule has 0 bridgehead atoms. The summed E-state index contributed by atoms with van der Waals surface area (Å²) < 4.78 is 5.09. The molecule has 0 saturated carbocycles. The van der Waals surface area contributed by atoms with E-state index in [1.807, 2.05) is 13.8 Å². The van der Waals surface area contributed by atoms with Crippen LogP contribution < -0.4 is 11.1 Å². The van der Waals surface area contributed by atoms with Gasteiger partial charge in [0.05, 0.1) is 23.1 Å². The van der Waals surface area contributed by atoms with Gasteiger partial charge in [-0.1, -0.05) is 0 Å². The van der Waals surface area contributed by atoms with Crippen molar-refractivity contribution in [2.24, 2.45) is 0 Å². The lowest BCUT2D eigenvalue weighted by atomic mass is 10.2. The molecule has 6 nitrogen and oxygen atoms in total. The highest BCUT2D eigenvalue weighted by atomic mass is 16.5. The molecule has 1 aromatic heterocycles. The zero-order chi connectivity index (χ0) is 14.6. The molecule has 1 unspecified atom stereocenters. The van der Waals surface area contributed by atoms with Crippen molar-refractivity contribution in [3.63, 3.8) is 0 Å². The summed E-state index contributed by atoms with van der Waals surface area (Å²) in [4.78, 5) is 27.5. The Hall–Kier alpha value is -2.11. The Bertz CT molecular complexity index is 486. The standard InChI is InChI=1S/C13H19N3O3/c1-7(2)16-12(17)9(4)19-13(18)11-5-10(14)6-15-8(11)3/h5-7,9H,14H2,1-4H3,(H,16,17). The third kappa shape index (κ3) is 4.24. The van der Waals surface area contributed by atoms with E-state index in [2.05, 4.69) is 10.3 Å². The van der Waals surface area contributed by atoms with Gasteiger partial charge < -0.3 is 15.8 Å². The molecule has 0 aliphatic rings. The minimum absolute atomic E-state index is 0.00979. The second kappa shape index (κ2) is 6.17. The Balaban J connectivity index is 2.74. The number of rotatable bonds is 4. The normalized spacial score (nSPS) is 12.1. The smallest absolute Gasteiger partial charge is 0.340 e. The highest BCUT2D eigenvalue weighted by molar-refractivity contribution is 5.93. The van der Waals surface area contributed by atoms with E-state index in [9.17, 15) is 9.59 Å². The van der Waals surface area contributed by atoms with E-state index in [0.717, 1.165) is 0 Å². The predicted molar refractivity (Wildman–Crippen MR) is 71.5 cm³/mol. The lowest BCUT2D eigenvalue weighted by Gasteiger charge is -2.15. The van der Waals surface area contributed by atoms with Crippen LogP contribution in [0.5, 0.6) is 0 Å². The fourth-order valence-electron chi connectivity index (χ4n) is 1.44. The predicted octanol–water partition coefficient (Wildman–Crippen LogP) is 1.04. The van der Waals surface area contributed by atoms with Gasteiger partial charge in [-0.15, -0.1) is 0 Å². The van der Waals surface area contributed by atoms with E-state index in [0.29, 0.717) is 11.4 Å². The number of carbonyl (C=O) groups is 2. The number of nitrogens with zero attached hydrogens (tertiary/aromatic N) is 1. The van der Waals surface area contributed by atoms with E-state index in [1.165, 1.54) is 19.2 Å². The molecule has 19 heavy (non-hydrogen) atoms. The quantitative estimate of drug-likeness (QED) is 0.793. The first kappa shape index (κ1) is 14.9. The van der Waals surface area contributed by atoms with Gasteiger partial charge in [0.25, 0.3) is 5.91 Å². The molecule has 104 valence electrons. The van der Waals surface area contributed by atoms with Crippen LogP contribution in [0.15, 0.2) is 12.3 Å². The molecule has 0 aliphatic heterocycles. The highest BCUT2D eigenvalue weighted by Crippen LogP contribution is 2.12. The molecule has 1 aromatic rings. The highest BCUT2D eigenvalue weighted by Gasteiger charge is 2.20. The molecule has 0 fully saturated rings. The first-order chi connectivity index (χ1) is 8.81. The number of carbonyl (C=O) groups excluding carboxylic acids is 2. The monoisotopic (exact) mass is 265 g/mol. The SMILES string of the molecule is Cc1ncc(N)cc1C(=O)OC(C)C(=O)NC(C)C. The van der Waals surface area contributed by atoms with Crippen LogP contribution in [0.1, 0.15) is 36.8 Å². The van der Waals surface area contributed by atoms with Crippen molar-refractivity contribution < 1.29 is 14.3 Å². The van der Waals surface area contributed by atoms with Crippen LogP contribution in [0.4, 0.5) is 5.69 Å². The number of amides is 1. The van der Waals surface area contributed by atoms with Crippen LogP contribution in [-0.2, 0) is 9.53 Å². The van der Waals surface area contributed by atoms with Crippen molar-refractivity contribution >= 4 is 17.6 Å². The zero-order valence-electron chi connectivity index (χ0n) is 11.6. The van der Waals surface area contributed by atoms with Gasteiger partial charge in [-0.3, -0.25) is 9.78 Å². The van der Waals surface area contributed by atoms with Crippen LogP contribution in [0.3, 0.4) is 0 Å². The third-order valence-electron chi connectivity index (χ3n) is 2.41. The summed E-state index contributed by atoms with van der Waals surface area (Å²) in [6, 6.07) is 1.47. The maximum absolute atomic E-state index is 11.9. The molecular weight excluding hydrogens is 246 g/mol. The Labute approximate surface area is 112 Å². The first-order valence-corrected chi connectivity index (χ1v) is 6.04. The molecule has 0 aromatic carbocycles. The maximum Gasteiger partial charge on any atom is 0.340 e. The van der Waals surface area contributed by atoms with Crippen molar-refractivity contribution in [3.8, 4) is 0 Å². The van der Waals surface area contributed by atoms with Gasteiger partial charge in [0, 0.05) is 6.04 Å². The van der Waals surface area contributed by atoms with Gasteiger partial charge in [0.1, 0.15) is 0 Å².